The first-order valence-corrected chi connectivity index (χ1v) is 11.8. The van der Waals surface area contributed by atoms with Crippen molar-refractivity contribution in [2.45, 2.75) is 70.3 Å². The van der Waals surface area contributed by atoms with Crippen LogP contribution in [-0.2, 0) is 29.8 Å². The maximum absolute atomic E-state index is 12.4. The van der Waals surface area contributed by atoms with Crippen LogP contribution in [0.4, 0.5) is 4.79 Å². The van der Waals surface area contributed by atoms with E-state index < -0.39 is 11.9 Å². The van der Waals surface area contributed by atoms with Gasteiger partial charge in [0, 0.05) is 25.7 Å². The Labute approximate surface area is 198 Å². The molecule has 0 unspecified atom stereocenters. The first-order valence-electron chi connectivity index (χ1n) is 11.8. The first kappa shape index (κ1) is 24.0. The SMILES string of the molecule is CN(C(=O)OCc1c(-c2ccc(O[C@H]3CCC[C@H](C(=O)O)C3)c(CO)n2)cnn1C)C1CCC1. The van der Waals surface area contributed by atoms with Crippen LogP contribution in [0.15, 0.2) is 18.3 Å². The van der Waals surface area contributed by atoms with E-state index in [2.05, 4.69) is 10.1 Å². The minimum Gasteiger partial charge on any atom is -0.488 e. The average Bonchev–Trinajstić information content (AvgIpc) is 3.16. The number of hydrogen-bond donors (Lipinski definition) is 2. The van der Waals surface area contributed by atoms with Crippen LogP contribution >= 0.6 is 0 Å². The second-order valence-corrected chi connectivity index (χ2v) is 9.12. The molecule has 2 atom stereocenters. The number of carbonyl (C=O) groups is 2. The van der Waals surface area contributed by atoms with Gasteiger partial charge in [0.15, 0.2) is 0 Å². The molecule has 0 aromatic carbocycles. The predicted octanol–water partition coefficient (Wildman–Crippen LogP) is 3.12. The molecular formula is C24H32N4O6. The van der Waals surface area contributed by atoms with Crippen molar-refractivity contribution in [2.75, 3.05) is 7.05 Å². The van der Waals surface area contributed by atoms with Crippen LogP contribution in [0.3, 0.4) is 0 Å². The summed E-state index contributed by atoms with van der Waals surface area (Å²) in [5.41, 5.74) is 2.34. The van der Waals surface area contributed by atoms with Gasteiger partial charge in [0.2, 0.25) is 0 Å². The van der Waals surface area contributed by atoms with Gasteiger partial charge in [-0.25, -0.2) is 9.78 Å². The number of aromatic nitrogens is 3. The third-order valence-corrected chi connectivity index (χ3v) is 6.93. The summed E-state index contributed by atoms with van der Waals surface area (Å²) in [6.45, 7) is -0.274. The highest BCUT2D eigenvalue weighted by Crippen LogP contribution is 2.31. The molecule has 2 heterocycles. The molecule has 10 heteroatoms. The Kier molecular flexibility index (Phi) is 7.35. The molecule has 0 aliphatic heterocycles. The lowest BCUT2D eigenvalue weighted by atomic mass is 9.87. The van der Waals surface area contributed by atoms with Crippen LogP contribution in [0.1, 0.15) is 56.3 Å². The van der Waals surface area contributed by atoms with Gasteiger partial charge in [-0.05, 0) is 57.1 Å². The number of carboxylic acids is 1. The molecule has 0 spiro atoms. The maximum Gasteiger partial charge on any atom is 0.410 e. The van der Waals surface area contributed by atoms with Crippen LogP contribution in [0.2, 0.25) is 0 Å². The van der Waals surface area contributed by atoms with Crippen molar-refractivity contribution in [1.29, 1.82) is 0 Å². The fourth-order valence-corrected chi connectivity index (χ4v) is 4.52. The zero-order valence-corrected chi connectivity index (χ0v) is 19.6. The monoisotopic (exact) mass is 472 g/mol. The second-order valence-electron chi connectivity index (χ2n) is 9.12. The van der Waals surface area contributed by atoms with Gasteiger partial charge in [-0.3, -0.25) is 9.48 Å². The highest BCUT2D eigenvalue weighted by atomic mass is 16.6. The number of hydrogen-bond acceptors (Lipinski definition) is 7. The van der Waals surface area contributed by atoms with Gasteiger partial charge < -0.3 is 24.6 Å². The third-order valence-electron chi connectivity index (χ3n) is 6.93. The van der Waals surface area contributed by atoms with Crippen LogP contribution in [-0.4, -0.2) is 61.1 Å². The molecule has 2 aliphatic carbocycles. The number of aliphatic carboxylic acids is 1. The number of pyridine rings is 1. The second kappa shape index (κ2) is 10.4. The van der Waals surface area contributed by atoms with Crippen molar-refractivity contribution in [3.05, 3.63) is 29.7 Å². The van der Waals surface area contributed by atoms with Crippen LogP contribution in [0.25, 0.3) is 11.3 Å². The number of carboxylic acid groups (broad SMARTS) is 1. The normalized spacial score (nSPS) is 20.4. The first-order chi connectivity index (χ1) is 16.4. The quantitative estimate of drug-likeness (QED) is 0.600. The lowest BCUT2D eigenvalue weighted by Gasteiger charge is -2.33. The molecule has 0 bridgehead atoms. The zero-order chi connectivity index (χ0) is 24.2. The summed E-state index contributed by atoms with van der Waals surface area (Å²) in [5.74, 6) is -0.762. The van der Waals surface area contributed by atoms with Gasteiger partial charge in [-0.15, -0.1) is 0 Å². The van der Waals surface area contributed by atoms with E-state index in [4.69, 9.17) is 9.47 Å². The molecule has 184 valence electrons. The lowest BCUT2D eigenvalue weighted by Crippen LogP contribution is -2.41. The summed E-state index contributed by atoms with van der Waals surface area (Å²) in [4.78, 5) is 30.0. The highest BCUT2D eigenvalue weighted by Gasteiger charge is 2.29. The summed E-state index contributed by atoms with van der Waals surface area (Å²) in [7, 11) is 3.53. The number of amides is 1. The van der Waals surface area contributed by atoms with E-state index in [0.717, 1.165) is 32.1 Å². The molecule has 2 aliphatic rings. The van der Waals surface area contributed by atoms with E-state index in [-0.39, 0.29) is 31.5 Å². The van der Waals surface area contributed by atoms with Gasteiger partial charge in [0.25, 0.3) is 0 Å². The fraction of sp³-hybridized carbons (Fsp3) is 0.583. The Morgan fingerprint density at radius 2 is 1.97 bits per heavy atom. The van der Waals surface area contributed by atoms with Gasteiger partial charge in [-0.1, -0.05) is 0 Å². The van der Waals surface area contributed by atoms with Gasteiger partial charge >= 0.3 is 12.1 Å². The maximum atomic E-state index is 12.4. The van der Waals surface area contributed by atoms with Gasteiger partial charge in [0.05, 0.1) is 36.2 Å². The van der Waals surface area contributed by atoms with E-state index >= 15 is 0 Å². The molecule has 0 radical (unpaired) electrons. The summed E-state index contributed by atoms with van der Waals surface area (Å²) in [5, 5.41) is 23.5. The largest absolute Gasteiger partial charge is 0.488 e. The number of carbonyl (C=O) groups excluding carboxylic acids is 1. The molecular weight excluding hydrogens is 440 g/mol. The Bertz CT molecular complexity index is 1030. The summed E-state index contributed by atoms with van der Waals surface area (Å²) >= 11 is 0. The van der Waals surface area contributed by atoms with Crippen LogP contribution < -0.4 is 4.74 Å². The van der Waals surface area contributed by atoms with E-state index in [9.17, 15) is 19.8 Å². The number of aliphatic hydroxyl groups is 1. The Morgan fingerprint density at radius 1 is 1.21 bits per heavy atom. The van der Waals surface area contributed by atoms with Crippen molar-refractivity contribution >= 4 is 12.1 Å². The number of aliphatic hydroxyl groups excluding tert-OH is 1. The molecule has 0 saturated heterocycles. The minimum atomic E-state index is -0.798. The Morgan fingerprint density at radius 3 is 2.65 bits per heavy atom. The topological polar surface area (TPSA) is 127 Å². The summed E-state index contributed by atoms with van der Waals surface area (Å²) in [6.07, 6.45) is 6.85. The molecule has 4 rings (SSSR count). The van der Waals surface area contributed by atoms with E-state index in [1.807, 2.05) is 0 Å². The number of rotatable bonds is 8. The van der Waals surface area contributed by atoms with Crippen molar-refractivity contribution in [3.63, 3.8) is 0 Å². The summed E-state index contributed by atoms with van der Waals surface area (Å²) < 4.78 is 13.2. The lowest BCUT2D eigenvalue weighted by molar-refractivity contribution is -0.143. The molecule has 2 fully saturated rings. The van der Waals surface area contributed by atoms with Gasteiger partial charge in [0.1, 0.15) is 18.1 Å². The Hall–Kier alpha value is -3.14. The number of ether oxygens (including phenoxy) is 2. The van der Waals surface area contributed by atoms with Crippen molar-refractivity contribution in [3.8, 4) is 17.0 Å². The molecule has 2 aromatic rings. The van der Waals surface area contributed by atoms with Crippen LogP contribution in [0.5, 0.6) is 5.75 Å². The fourth-order valence-electron chi connectivity index (χ4n) is 4.52. The smallest absolute Gasteiger partial charge is 0.410 e. The van der Waals surface area contributed by atoms with Crippen molar-refractivity contribution in [2.24, 2.45) is 13.0 Å². The highest BCUT2D eigenvalue weighted by molar-refractivity contribution is 5.70. The molecule has 2 N–H and O–H groups in total. The molecule has 1 amide bonds. The zero-order valence-electron chi connectivity index (χ0n) is 19.6. The van der Waals surface area contributed by atoms with E-state index in [1.54, 1.807) is 42.0 Å². The van der Waals surface area contributed by atoms with Gasteiger partial charge in [-0.2, -0.15) is 5.10 Å². The van der Waals surface area contributed by atoms with Crippen molar-refractivity contribution in [1.82, 2.24) is 19.7 Å². The Balaban J connectivity index is 1.47. The van der Waals surface area contributed by atoms with Crippen LogP contribution in [0, 0.1) is 5.92 Å². The van der Waals surface area contributed by atoms with Crippen molar-refractivity contribution < 1.29 is 29.3 Å². The molecule has 2 aromatic heterocycles. The molecule has 10 nitrogen and oxygen atoms in total. The molecule has 2 saturated carbocycles. The molecule has 34 heavy (non-hydrogen) atoms. The minimum absolute atomic E-state index is 0.0504. The standard InChI is InChI=1S/C24H32N4O6/c1-27(16-6-4-7-16)24(32)33-14-21-18(12-25-28(21)2)19-9-10-22(20(13-29)26-19)34-17-8-3-5-15(11-17)23(30)31/h9-10,12,15-17,29H,3-8,11,13-14H2,1-2H3,(H,30,31)/t15-,17-/m0/s1. The van der Waals surface area contributed by atoms with E-state index in [1.165, 1.54) is 0 Å². The predicted molar refractivity (Wildman–Crippen MR) is 122 cm³/mol. The third kappa shape index (κ3) is 5.16. The number of aryl methyl sites for hydroxylation is 1. The van der Waals surface area contributed by atoms with E-state index in [0.29, 0.717) is 41.2 Å². The number of nitrogens with zero attached hydrogens (tertiary/aromatic N) is 4. The average molecular weight is 473 g/mol. The summed E-state index contributed by atoms with van der Waals surface area (Å²) in [6, 6.07) is 3.76.